The Labute approximate surface area is 127 Å². The summed E-state index contributed by atoms with van der Waals surface area (Å²) in [5.74, 6) is 0. The van der Waals surface area contributed by atoms with Crippen molar-refractivity contribution in [1.29, 1.82) is 0 Å². The molecule has 1 heterocycles. The Morgan fingerprint density at radius 1 is 1.00 bits per heavy atom. The number of hydrogen-bond donors (Lipinski definition) is 0. The highest BCUT2D eigenvalue weighted by Crippen LogP contribution is 2.26. The third-order valence-corrected chi connectivity index (χ3v) is 5.88. The minimum Gasteiger partial charge on any atom is -0.207 e. The molecule has 1 aliphatic rings. The van der Waals surface area contributed by atoms with Gasteiger partial charge < -0.3 is 0 Å². The summed E-state index contributed by atoms with van der Waals surface area (Å²) < 4.78 is 27.8. The number of sulfonamides is 1. The molecule has 0 aromatic heterocycles. The molecule has 0 bridgehead atoms. The van der Waals surface area contributed by atoms with Crippen LogP contribution in [-0.2, 0) is 23.0 Å². The van der Waals surface area contributed by atoms with Gasteiger partial charge in [0.05, 0.1) is 4.90 Å². The fraction of sp³-hybridized carbons (Fsp3) is 0.200. The van der Waals surface area contributed by atoms with Crippen molar-refractivity contribution < 1.29 is 8.42 Å². The Bertz CT molecular complexity index is 729. The first kappa shape index (κ1) is 13.8. The molecule has 1 aliphatic heterocycles. The Kier molecular flexibility index (Phi) is 3.67. The molecule has 0 spiro atoms. The Hall–Kier alpha value is -1.17. The minimum absolute atomic E-state index is 0.362. The maximum absolute atomic E-state index is 12.6. The van der Waals surface area contributed by atoms with Gasteiger partial charge in [0, 0.05) is 17.6 Å². The van der Waals surface area contributed by atoms with Crippen molar-refractivity contribution in [2.45, 2.75) is 17.9 Å². The van der Waals surface area contributed by atoms with E-state index in [4.69, 9.17) is 0 Å². The van der Waals surface area contributed by atoms with E-state index in [0.717, 1.165) is 16.5 Å². The number of halogens is 1. The molecule has 0 unspecified atom stereocenters. The van der Waals surface area contributed by atoms with Gasteiger partial charge in [-0.15, -0.1) is 0 Å². The lowest BCUT2D eigenvalue weighted by Crippen LogP contribution is -2.35. The number of benzene rings is 2. The first-order valence-electron chi connectivity index (χ1n) is 6.40. The number of rotatable bonds is 2. The van der Waals surface area contributed by atoms with Gasteiger partial charge in [0.15, 0.2) is 0 Å². The molecule has 0 aliphatic carbocycles. The summed E-state index contributed by atoms with van der Waals surface area (Å²) in [6, 6.07) is 14.6. The van der Waals surface area contributed by atoms with E-state index in [2.05, 4.69) is 22.0 Å². The fourth-order valence-electron chi connectivity index (χ4n) is 2.44. The van der Waals surface area contributed by atoms with Gasteiger partial charge in [-0.3, -0.25) is 0 Å². The lowest BCUT2D eigenvalue weighted by Gasteiger charge is -2.28. The molecule has 104 valence electrons. The monoisotopic (exact) mass is 351 g/mol. The van der Waals surface area contributed by atoms with E-state index in [0.29, 0.717) is 18.0 Å². The van der Waals surface area contributed by atoms with Gasteiger partial charge >= 0.3 is 0 Å². The van der Waals surface area contributed by atoms with Crippen LogP contribution in [-0.4, -0.2) is 19.3 Å². The van der Waals surface area contributed by atoms with Gasteiger partial charge in [-0.2, -0.15) is 4.31 Å². The molecule has 0 N–H and O–H groups in total. The van der Waals surface area contributed by atoms with Crippen molar-refractivity contribution in [3.05, 3.63) is 64.1 Å². The van der Waals surface area contributed by atoms with E-state index in [9.17, 15) is 8.42 Å². The predicted molar refractivity (Wildman–Crippen MR) is 81.9 cm³/mol. The largest absolute Gasteiger partial charge is 0.243 e. The quantitative estimate of drug-likeness (QED) is 0.833. The zero-order valence-electron chi connectivity index (χ0n) is 10.8. The molecule has 2 aromatic carbocycles. The highest BCUT2D eigenvalue weighted by molar-refractivity contribution is 9.10. The smallest absolute Gasteiger partial charge is 0.207 e. The van der Waals surface area contributed by atoms with E-state index < -0.39 is 10.0 Å². The second kappa shape index (κ2) is 5.31. The first-order valence-corrected chi connectivity index (χ1v) is 8.63. The van der Waals surface area contributed by atoms with Crippen molar-refractivity contribution in [2.75, 3.05) is 6.54 Å². The zero-order valence-corrected chi connectivity index (χ0v) is 13.2. The number of nitrogens with zero attached hydrogens (tertiary/aromatic N) is 1. The van der Waals surface area contributed by atoms with Crippen LogP contribution >= 0.6 is 15.9 Å². The van der Waals surface area contributed by atoms with Crippen molar-refractivity contribution in [3.63, 3.8) is 0 Å². The zero-order chi connectivity index (χ0) is 14.2. The van der Waals surface area contributed by atoms with Gasteiger partial charge in [0.1, 0.15) is 0 Å². The second-order valence-corrected chi connectivity index (χ2v) is 7.67. The average Bonchev–Trinajstić information content (AvgIpc) is 2.47. The lowest BCUT2D eigenvalue weighted by atomic mass is 10.0. The first-order chi connectivity index (χ1) is 9.57. The molecule has 0 saturated heterocycles. The molecule has 2 aromatic rings. The molecule has 0 fully saturated rings. The lowest BCUT2D eigenvalue weighted by molar-refractivity contribution is 0.391. The van der Waals surface area contributed by atoms with Crippen LogP contribution in [0.4, 0.5) is 0 Å². The molecule has 0 radical (unpaired) electrons. The third kappa shape index (κ3) is 2.53. The van der Waals surface area contributed by atoms with E-state index >= 15 is 0 Å². The van der Waals surface area contributed by atoms with Crippen molar-refractivity contribution in [3.8, 4) is 0 Å². The summed E-state index contributed by atoms with van der Waals surface area (Å²) >= 11 is 3.45. The molecule has 0 amide bonds. The minimum atomic E-state index is -3.39. The molecule has 0 atom stereocenters. The number of hydrogen-bond acceptors (Lipinski definition) is 2. The standard InChI is InChI=1S/C15H14BrNO2S/c16-14-7-6-13-11-17(9-8-12(13)10-14)20(18,19)15-4-2-1-3-5-15/h1-7,10H,8-9,11H2. The molecule has 20 heavy (non-hydrogen) atoms. The Morgan fingerprint density at radius 2 is 1.75 bits per heavy atom. The summed E-state index contributed by atoms with van der Waals surface area (Å²) in [5, 5.41) is 0. The Balaban J connectivity index is 1.92. The van der Waals surface area contributed by atoms with E-state index in [-0.39, 0.29) is 0 Å². The summed E-state index contributed by atoms with van der Waals surface area (Å²) in [6.45, 7) is 0.973. The summed E-state index contributed by atoms with van der Waals surface area (Å²) in [5.41, 5.74) is 2.30. The van der Waals surface area contributed by atoms with Crippen LogP contribution in [0.5, 0.6) is 0 Å². The summed E-state index contributed by atoms with van der Waals surface area (Å²) in [6.07, 6.45) is 0.751. The van der Waals surface area contributed by atoms with Gasteiger partial charge in [0.2, 0.25) is 10.0 Å². The van der Waals surface area contributed by atoms with Gasteiger partial charge in [-0.05, 0) is 41.8 Å². The van der Waals surface area contributed by atoms with E-state index in [1.54, 1.807) is 28.6 Å². The molecule has 3 nitrogen and oxygen atoms in total. The average molecular weight is 352 g/mol. The molecular formula is C15H14BrNO2S. The van der Waals surface area contributed by atoms with Crippen LogP contribution in [0.3, 0.4) is 0 Å². The van der Waals surface area contributed by atoms with Gasteiger partial charge in [-0.25, -0.2) is 8.42 Å². The molecule has 3 rings (SSSR count). The highest BCUT2D eigenvalue weighted by atomic mass is 79.9. The van der Waals surface area contributed by atoms with Crippen LogP contribution in [0.1, 0.15) is 11.1 Å². The molecule has 5 heteroatoms. The van der Waals surface area contributed by atoms with Crippen LogP contribution in [0.25, 0.3) is 0 Å². The fourth-order valence-corrected chi connectivity index (χ4v) is 4.29. The van der Waals surface area contributed by atoms with Crippen LogP contribution < -0.4 is 0 Å². The SMILES string of the molecule is O=S(=O)(c1ccccc1)N1CCc2cc(Br)ccc2C1. The highest BCUT2D eigenvalue weighted by Gasteiger charge is 2.27. The summed E-state index contributed by atoms with van der Waals surface area (Å²) in [7, 11) is -3.39. The van der Waals surface area contributed by atoms with Crippen molar-refractivity contribution in [1.82, 2.24) is 4.31 Å². The predicted octanol–water partition coefficient (Wildman–Crippen LogP) is 3.20. The topological polar surface area (TPSA) is 37.4 Å². The molecular weight excluding hydrogens is 338 g/mol. The normalized spacial score (nSPS) is 15.8. The number of fused-ring (bicyclic) bond motifs is 1. The third-order valence-electron chi connectivity index (χ3n) is 3.53. The van der Waals surface area contributed by atoms with Crippen molar-refractivity contribution in [2.24, 2.45) is 0 Å². The second-order valence-electron chi connectivity index (χ2n) is 4.81. The van der Waals surface area contributed by atoms with Gasteiger partial charge in [0.25, 0.3) is 0 Å². The molecule has 0 saturated carbocycles. The van der Waals surface area contributed by atoms with Crippen molar-refractivity contribution >= 4 is 26.0 Å². The van der Waals surface area contributed by atoms with Gasteiger partial charge in [-0.1, -0.05) is 40.2 Å². The van der Waals surface area contributed by atoms with E-state index in [1.165, 1.54) is 5.56 Å². The van der Waals surface area contributed by atoms with Crippen LogP contribution in [0.15, 0.2) is 57.9 Å². The van der Waals surface area contributed by atoms with Crippen LogP contribution in [0.2, 0.25) is 0 Å². The van der Waals surface area contributed by atoms with E-state index in [1.807, 2.05) is 18.2 Å². The van der Waals surface area contributed by atoms with Crippen LogP contribution in [0, 0.1) is 0 Å². The Morgan fingerprint density at radius 3 is 2.50 bits per heavy atom. The maximum Gasteiger partial charge on any atom is 0.243 e. The summed E-state index contributed by atoms with van der Waals surface area (Å²) in [4.78, 5) is 0.362. The maximum atomic E-state index is 12.6.